The van der Waals surface area contributed by atoms with Crippen molar-refractivity contribution in [3.05, 3.63) is 173 Å². The summed E-state index contributed by atoms with van der Waals surface area (Å²) in [5, 5.41) is 12.7. The van der Waals surface area contributed by atoms with Crippen molar-refractivity contribution in [3.63, 3.8) is 0 Å². The molecule has 0 amide bonds. The van der Waals surface area contributed by atoms with E-state index in [0.29, 0.717) is 0 Å². The molecule has 0 radical (unpaired) electrons. The molecule has 0 saturated heterocycles. The van der Waals surface area contributed by atoms with Crippen molar-refractivity contribution >= 4 is 142 Å². The minimum Gasteiger partial charge on any atom is -0.303 e. The van der Waals surface area contributed by atoms with Gasteiger partial charge in [-0.1, -0.05) is 126 Å². The van der Waals surface area contributed by atoms with Crippen molar-refractivity contribution in [2.24, 2.45) is 0 Å². The Morgan fingerprint density at radius 3 is 1.33 bits per heavy atom. The van der Waals surface area contributed by atoms with Crippen LogP contribution >= 0.6 is 45.3 Å². The molecule has 4 aromatic heterocycles. The fourth-order valence-corrected chi connectivity index (χ4v) is 15.1. The topological polar surface area (TPSA) is 6.48 Å². The second-order valence-electron chi connectivity index (χ2n) is 20.3. The molecule has 11 aromatic rings. The number of thiophene rings is 4. The number of hydrogen-bond acceptors (Lipinski definition) is 6. The summed E-state index contributed by atoms with van der Waals surface area (Å²) in [6, 6.07) is 55.8. The average Bonchev–Trinajstić information content (AvgIpc) is 4.11. The third-order valence-electron chi connectivity index (χ3n) is 14.0. The molecule has 7 heteroatoms. The molecule has 13 rings (SSSR count). The van der Waals surface area contributed by atoms with Gasteiger partial charge in [0.1, 0.15) is 0 Å². The van der Waals surface area contributed by atoms with Crippen molar-refractivity contribution in [1.82, 2.24) is 0 Å². The van der Waals surface area contributed by atoms with Crippen LogP contribution in [0.15, 0.2) is 156 Å². The van der Waals surface area contributed by atoms with Crippen molar-refractivity contribution < 1.29 is 0 Å². The summed E-state index contributed by atoms with van der Waals surface area (Å²) in [5.41, 5.74) is 18.2. The van der Waals surface area contributed by atoms with E-state index in [1.165, 1.54) is 128 Å². The van der Waals surface area contributed by atoms with Crippen LogP contribution in [0.1, 0.15) is 58.2 Å². The Hall–Kier alpha value is -5.96. The molecule has 0 unspecified atom stereocenters. The first-order chi connectivity index (χ1) is 31.9. The van der Waals surface area contributed by atoms with Crippen LogP contribution in [0.2, 0.25) is 0 Å². The molecule has 2 nitrogen and oxygen atoms in total. The summed E-state index contributed by atoms with van der Waals surface area (Å²) in [4.78, 5) is 5.26. The fourth-order valence-electron chi connectivity index (χ4n) is 10.6. The number of anilines is 6. The molecule has 0 fully saturated rings. The smallest absolute Gasteiger partial charge is 0.256 e. The Kier molecular flexibility index (Phi) is 8.87. The van der Waals surface area contributed by atoms with E-state index in [0.717, 1.165) is 0 Å². The molecule has 0 N–H and O–H groups in total. The Morgan fingerprint density at radius 1 is 0.424 bits per heavy atom. The molecule has 0 bridgehead atoms. The summed E-state index contributed by atoms with van der Waals surface area (Å²) < 4.78 is 5.30. The average molecular weight is 923 g/mol. The minimum absolute atomic E-state index is 0.000802. The summed E-state index contributed by atoms with van der Waals surface area (Å²) in [6.07, 6.45) is 0. The standard InChI is InChI=1S/C59H47BN2S4/c1-34-26-47-55-48(27-34)62(40-17-13-15-36(29-40)46-33-64-50-21-11-9-19-42(46)50)57-54(44-31-38(59(5,6)7)23-25-52(44)66-57)60(55)53-43-30-37(58(2,3)4)22-24-51(43)65-56(53)61(47)39-16-12-14-35(28-39)45-32-63-49-20-10-8-18-41(45)49/h8-33H,1-7H3. The predicted molar refractivity (Wildman–Crippen MR) is 295 cm³/mol. The maximum atomic E-state index is 2.63. The molecule has 0 aliphatic carbocycles. The lowest BCUT2D eigenvalue weighted by molar-refractivity contribution is 0.591. The van der Waals surface area contributed by atoms with Crippen LogP contribution in [-0.4, -0.2) is 6.71 Å². The lowest BCUT2D eigenvalue weighted by Crippen LogP contribution is -2.60. The molecule has 7 aromatic carbocycles. The Balaban J connectivity index is 1.13. The lowest BCUT2D eigenvalue weighted by atomic mass is 9.33. The van der Waals surface area contributed by atoms with Gasteiger partial charge in [0.2, 0.25) is 0 Å². The van der Waals surface area contributed by atoms with Gasteiger partial charge in [-0.05, 0) is 144 Å². The van der Waals surface area contributed by atoms with E-state index in [4.69, 9.17) is 0 Å². The number of rotatable bonds is 4. The van der Waals surface area contributed by atoms with Gasteiger partial charge >= 0.3 is 0 Å². The number of fused-ring (bicyclic) bond motifs is 10. The zero-order valence-corrected chi connectivity index (χ0v) is 41.4. The Bertz CT molecular complexity index is 3550. The van der Waals surface area contributed by atoms with E-state index in [2.05, 4.69) is 215 Å². The molecule has 6 heterocycles. The summed E-state index contributed by atoms with van der Waals surface area (Å²) >= 11 is 7.57. The third kappa shape index (κ3) is 6.09. The molecule has 0 saturated carbocycles. The van der Waals surface area contributed by atoms with E-state index in [1.807, 2.05) is 45.3 Å². The van der Waals surface area contributed by atoms with Crippen molar-refractivity contribution in [2.75, 3.05) is 9.80 Å². The van der Waals surface area contributed by atoms with Crippen LogP contribution in [0, 0.1) is 6.92 Å². The van der Waals surface area contributed by atoms with Gasteiger partial charge in [-0.25, -0.2) is 0 Å². The van der Waals surface area contributed by atoms with Crippen molar-refractivity contribution in [2.45, 2.75) is 59.3 Å². The second kappa shape index (κ2) is 14.5. The quantitative estimate of drug-likeness (QED) is 0.162. The SMILES string of the molecule is Cc1cc2c3c(c1)N(c1cccc(-c4csc5ccccc45)c1)c1sc4ccc(C(C)(C)C)cc4c1B3c1c(sc3ccc(C(C)(C)C)cc13)N2c1cccc(-c2csc3ccccc23)c1. The number of nitrogens with zero attached hydrogens (tertiary/aromatic N) is 2. The first-order valence-corrected chi connectivity index (χ1v) is 26.3. The predicted octanol–water partition coefficient (Wildman–Crippen LogP) is 16.9. The van der Waals surface area contributed by atoms with Crippen LogP contribution in [0.4, 0.5) is 32.8 Å². The summed E-state index contributed by atoms with van der Waals surface area (Å²) in [6.45, 7) is 16.4. The van der Waals surface area contributed by atoms with Gasteiger partial charge in [-0.3, -0.25) is 0 Å². The molecule has 2 aliphatic rings. The van der Waals surface area contributed by atoms with Gasteiger partial charge in [0, 0.05) is 63.4 Å². The highest BCUT2D eigenvalue weighted by molar-refractivity contribution is 7.29. The largest absolute Gasteiger partial charge is 0.303 e. The minimum atomic E-state index is -0.000802. The van der Waals surface area contributed by atoms with Crippen molar-refractivity contribution in [1.29, 1.82) is 0 Å². The number of benzene rings is 7. The highest BCUT2D eigenvalue weighted by Gasteiger charge is 2.47. The zero-order valence-electron chi connectivity index (χ0n) is 38.1. The molecule has 66 heavy (non-hydrogen) atoms. The van der Waals surface area contributed by atoms with Crippen LogP contribution < -0.4 is 26.2 Å². The maximum absolute atomic E-state index is 2.63. The van der Waals surface area contributed by atoms with Gasteiger partial charge < -0.3 is 9.80 Å². The van der Waals surface area contributed by atoms with Crippen molar-refractivity contribution in [3.8, 4) is 22.3 Å². The van der Waals surface area contributed by atoms with E-state index < -0.39 is 0 Å². The van der Waals surface area contributed by atoms with Gasteiger partial charge in [-0.15, -0.1) is 45.3 Å². The van der Waals surface area contributed by atoms with E-state index in [-0.39, 0.29) is 17.5 Å². The Morgan fingerprint density at radius 2 is 0.879 bits per heavy atom. The van der Waals surface area contributed by atoms with Gasteiger partial charge in [0.15, 0.2) is 0 Å². The van der Waals surface area contributed by atoms with Gasteiger partial charge in [0.25, 0.3) is 6.71 Å². The van der Waals surface area contributed by atoms with E-state index in [1.54, 1.807) is 0 Å². The third-order valence-corrected chi connectivity index (χ3v) is 18.2. The first-order valence-electron chi connectivity index (χ1n) is 22.9. The highest BCUT2D eigenvalue weighted by Crippen LogP contribution is 2.52. The zero-order chi connectivity index (χ0) is 44.8. The van der Waals surface area contributed by atoms with Crippen LogP contribution in [0.25, 0.3) is 62.6 Å². The fraction of sp³-hybridized carbons (Fsp3) is 0.153. The normalized spacial score (nSPS) is 13.6. The molecular formula is C59H47BN2S4. The van der Waals surface area contributed by atoms with Crippen LogP contribution in [-0.2, 0) is 10.8 Å². The molecule has 0 atom stereocenters. The lowest BCUT2D eigenvalue weighted by Gasteiger charge is -2.42. The first kappa shape index (κ1) is 40.3. The highest BCUT2D eigenvalue weighted by atomic mass is 32.1. The molecule has 2 aliphatic heterocycles. The van der Waals surface area contributed by atoms with E-state index in [9.17, 15) is 0 Å². The van der Waals surface area contributed by atoms with E-state index >= 15 is 0 Å². The van der Waals surface area contributed by atoms with Crippen LogP contribution in [0.3, 0.4) is 0 Å². The maximum Gasteiger partial charge on any atom is 0.256 e. The van der Waals surface area contributed by atoms with Crippen LogP contribution in [0.5, 0.6) is 0 Å². The summed E-state index contributed by atoms with van der Waals surface area (Å²) in [5.74, 6) is 0. The second-order valence-corrected chi connectivity index (χ2v) is 24.2. The van der Waals surface area contributed by atoms with Gasteiger partial charge in [0.05, 0.1) is 10.0 Å². The summed E-state index contributed by atoms with van der Waals surface area (Å²) in [7, 11) is 0. The molecule has 320 valence electrons. The molecule has 0 spiro atoms. The molecular weight excluding hydrogens is 876 g/mol. The Labute approximate surface area is 403 Å². The number of aryl methyl sites for hydroxylation is 1. The van der Waals surface area contributed by atoms with Gasteiger partial charge in [-0.2, -0.15) is 0 Å². The number of hydrogen-bond donors (Lipinski definition) is 0. The monoisotopic (exact) mass is 922 g/mol.